The first-order valence-corrected chi connectivity index (χ1v) is 10.2. The molecule has 0 radical (unpaired) electrons. The molecular formula is C21H18AuF9O12. The van der Waals surface area contributed by atoms with Gasteiger partial charge in [-0.3, -0.25) is 28.8 Å². The van der Waals surface area contributed by atoms with Crippen LogP contribution in [0.1, 0.15) is 41.5 Å². The van der Waals surface area contributed by atoms with Gasteiger partial charge in [-0.05, 0) is 41.5 Å². The number of carboxylic acids is 3. The summed E-state index contributed by atoms with van der Waals surface area (Å²) in [5, 5.41) is 30.0. The zero-order valence-corrected chi connectivity index (χ0v) is 24.3. The molecule has 0 heterocycles. The van der Waals surface area contributed by atoms with Crippen molar-refractivity contribution in [1.29, 1.82) is 0 Å². The summed E-state index contributed by atoms with van der Waals surface area (Å²) < 4.78 is 107. The van der Waals surface area contributed by atoms with Crippen LogP contribution in [-0.2, 0) is 65.5 Å². The Bertz CT molecular complexity index is 1020. The summed E-state index contributed by atoms with van der Waals surface area (Å²) in [6.45, 7) is 3.51. The second-order valence-corrected chi connectivity index (χ2v) is 9.21. The predicted molar refractivity (Wildman–Crippen MR) is 105 cm³/mol. The number of carbonyl (C=O) groups is 9. The van der Waals surface area contributed by atoms with Gasteiger partial charge >= 0.3 is 40.9 Å². The molecule has 0 rings (SSSR count). The Morgan fingerprint density at radius 3 is 0.558 bits per heavy atom. The molecule has 0 spiro atoms. The van der Waals surface area contributed by atoms with Gasteiger partial charge in [0.25, 0.3) is 0 Å². The van der Waals surface area contributed by atoms with Gasteiger partial charge in [-0.25, -0.2) is 0 Å². The molecule has 0 bridgehead atoms. The minimum atomic E-state index is -5.24. The van der Waals surface area contributed by atoms with Crippen LogP contribution in [0.15, 0.2) is 0 Å². The number of alkyl halides is 9. The van der Waals surface area contributed by atoms with Crippen molar-refractivity contribution >= 4 is 52.6 Å². The van der Waals surface area contributed by atoms with Gasteiger partial charge in [-0.2, -0.15) is 39.5 Å². The standard InChI is InChI=1S/3C7H7F3O4.Au/c3*1-6(2,3(11)4(12)13)5(14)7(8,9)10;/h3*1-2H3,(H,12,13);/q;;;+3/p-3. The summed E-state index contributed by atoms with van der Waals surface area (Å²) in [6, 6.07) is 0. The first-order valence-electron chi connectivity index (χ1n) is 10.2. The molecule has 248 valence electrons. The van der Waals surface area contributed by atoms with E-state index in [1.807, 2.05) is 0 Å². The normalized spacial score (nSPS) is 12.1. The van der Waals surface area contributed by atoms with Crippen LogP contribution in [0.2, 0.25) is 0 Å². The van der Waals surface area contributed by atoms with Crippen LogP contribution in [0.4, 0.5) is 39.5 Å². The third-order valence-corrected chi connectivity index (χ3v) is 4.73. The molecule has 0 saturated heterocycles. The molecule has 0 aromatic carbocycles. The maximum absolute atomic E-state index is 11.9. The van der Waals surface area contributed by atoms with Crippen molar-refractivity contribution in [3.63, 3.8) is 0 Å². The van der Waals surface area contributed by atoms with Gasteiger partial charge in [0, 0.05) is 0 Å². The zero-order valence-electron chi connectivity index (χ0n) is 22.1. The summed E-state index contributed by atoms with van der Waals surface area (Å²) in [7, 11) is 0. The van der Waals surface area contributed by atoms with Crippen molar-refractivity contribution in [2.75, 3.05) is 0 Å². The number of rotatable bonds is 9. The van der Waals surface area contributed by atoms with Crippen molar-refractivity contribution in [2.24, 2.45) is 16.2 Å². The van der Waals surface area contributed by atoms with Crippen molar-refractivity contribution in [1.82, 2.24) is 0 Å². The van der Waals surface area contributed by atoms with Crippen molar-refractivity contribution in [2.45, 2.75) is 60.1 Å². The molecule has 0 amide bonds. The predicted octanol–water partition coefficient (Wildman–Crippen LogP) is -1.61. The van der Waals surface area contributed by atoms with E-state index in [-0.39, 0.29) is 22.4 Å². The van der Waals surface area contributed by atoms with E-state index in [9.17, 15) is 98.0 Å². The van der Waals surface area contributed by atoms with Crippen LogP contribution in [0, 0.1) is 16.2 Å². The Morgan fingerprint density at radius 2 is 0.488 bits per heavy atom. The summed E-state index contributed by atoms with van der Waals surface area (Å²) in [5.41, 5.74) is -7.93. The van der Waals surface area contributed by atoms with Crippen LogP contribution < -0.4 is 15.3 Å². The maximum atomic E-state index is 11.9. The molecule has 0 unspecified atom stereocenters. The number of aliphatic carboxylic acids is 3. The minimum absolute atomic E-state index is 0. The second kappa shape index (κ2) is 15.3. The minimum Gasteiger partial charge on any atom is -0.542 e. The Morgan fingerprint density at radius 1 is 0.372 bits per heavy atom. The third-order valence-electron chi connectivity index (χ3n) is 4.73. The summed E-state index contributed by atoms with van der Waals surface area (Å²) in [6.07, 6.45) is -15.7. The Kier molecular flexibility index (Phi) is 16.6. The number of carbonyl (C=O) groups excluding carboxylic acids is 9. The molecule has 0 atom stereocenters. The van der Waals surface area contributed by atoms with Crippen molar-refractivity contribution < 1.29 is 120 Å². The van der Waals surface area contributed by atoms with E-state index in [4.69, 9.17) is 0 Å². The average molecular weight is 830 g/mol. The largest absolute Gasteiger partial charge is 3.00 e. The fourth-order valence-electron chi connectivity index (χ4n) is 2.14. The topological polar surface area (TPSA) is 223 Å². The molecule has 0 fully saturated rings. The Labute approximate surface area is 249 Å². The number of hydrogen-bond acceptors (Lipinski definition) is 12. The van der Waals surface area contributed by atoms with E-state index in [1.165, 1.54) is 0 Å². The fourth-order valence-corrected chi connectivity index (χ4v) is 2.14. The first-order chi connectivity index (χ1) is 18.0. The monoisotopic (exact) mass is 830 g/mol. The smallest absolute Gasteiger partial charge is 0.542 e. The van der Waals surface area contributed by atoms with Gasteiger partial charge in [0.05, 0.1) is 16.2 Å². The van der Waals surface area contributed by atoms with E-state index in [0.29, 0.717) is 41.5 Å². The summed E-state index contributed by atoms with van der Waals surface area (Å²) in [4.78, 5) is 93.8. The van der Waals surface area contributed by atoms with Crippen LogP contribution in [0.25, 0.3) is 0 Å². The summed E-state index contributed by atoms with van der Waals surface area (Å²) >= 11 is 0. The second-order valence-electron chi connectivity index (χ2n) is 9.21. The molecule has 0 aliphatic heterocycles. The van der Waals surface area contributed by atoms with Gasteiger partial charge in [0.1, 0.15) is 17.9 Å². The third kappa shape index (κ3) is 13.2. The van der Waals surface area contributed by atoms with Crippen molar-refractivity contribution in [3.8, 4) is 0 Å². The van der Waals surface area contributed by atoms with Gasteiger partial charge < -0.3 is 29.7 Å². The van der Waals surface area contributed by atoms with Gasteiger partial charge in [0.15, 0.2) is 17.3 Å². The average Bonchev–Trinajstić information content (AvgIpc) is 2.79. The first kappa shape index (κ1) is 46.5. The van der Waals surface area contributed by atoms with Gasteiger partial charge in [-0.15, -0.1) is 0 Å². The zero-order chi connectivity index (χ0) is 35.2. The fraction of sp³-hybridized carbons (Fsp3) is 0.571. The van der Waals surface area contributed by atoms with E-state index >= 15 is 0 Å². The number of ketones is 6. The number of halogens is 9. The molecule has 0 N–H and O–H groups in total. The summed E-state index contributed by atoms with van der Waals surface area (Å²) in [5.74, 6) is -19.8. The molecule has 0 aromatic rings. The molecule has 0 aliphatic rings. The number of carboxylic acid groups (broad SMARTS) is 3. The van der Waals surface area contributed by atoms with E-state index in [0.717, 1.165) is 0 Å². The quantitative estimate of drug-likeness (QED) is 0.111. The molecule has 0 saturated carbocycles. The Balaban J connectivity index is -0.000000262. The number of hydrogen-bond donors (Lipinski definition) is 0. The maximum Gasteiger partial charge on any atom is 3.00 e. The number of Topliss-reactive ketones (excluding diaryl/α,β-unsaturated/α-hetero) is 6. The van der Waals surface area contributed by atoms with Crippen LogP contribution >= 0.6 is 0 Å². The Hall–Kier alpha value is -3.46. The van der Waals surface area contributed by atoms with Crippen LogP contribution in [-0.4, -0.2) is 71.1 Å². The van der Waals surface area contributed by atoms with E-state index in [1.54, 1.807) is 0 Å². The van der Waals surface area contributed by atoms with Gasteiger partial charge in [-0.1, -0.05) is 0 Å². The van der Waals surface area contributed by atoms with Crippen molar-refractivity contribution in [3.05, 3.63) is 0 Å². The molecular weight excluding hydrogens is 812 g/mol. The molecule has 43 heavy (non-hydrogen) atoms. The molecule has 0 aromatic heterocycles. The van der Waals surface area contributed by atoms with E-state index in [2.05, 4.69) is 0 Å². The molecule has 12 nitrogen and oxygen atoms in total. The SMILES string of the molecule is CC(C)(C(=O)C(=O)[O-])C(=O)C(F)(F)F.CC(C)(C(=O)C(=O)[O-])C(=O)C(F)(F)F.CC(C)(C(=O)C(=O)[O-])C(=O)C(F)(F)F.[Au+3]. The van der Waals surface area contributed by atoms with E-state index < -0.39 is 87.4 Å². The van der Waals surface area contributed by atoms with Gasteiger partial charge in [0.2, 0.25) is 17.3 Å². The van der Waals surface area contributed by atoms with Crippen LogP contribution in [0.3, 0.4) is 0 Å². The van der Waals surface area contributed by atoms with Crippen LogP contribution in [0.5, 0.6) is 0 Å². The molecule has 22 heteroatoms. The molecule has 0 aliphatic carbocycles.